The molecule has 3 rings (SSSR count). The number of nitrogens with zero attached hydrogens (tertiary/aromatic N) is 1. The van der Waals surface area contributed by atoms with Gasteiger partial charge in [-0.2, -0.15) is 0 Å². The van der Waals surface area contributed by atoms with Crippen LogP contribution in [0.4, 0.5) is 0 Å². The molecule has 0 amide bonds. The average Bonchev–Trinajstić information content (AvgIpc) is 2.61. The van der Waals surface area contributed by atoms with E-state index in [1.54, 1.807) is 13.2 Å². The third-order valence-corrected chi connectivity index (χ3v) is 4.18. The number of methoxy groups -OCH3 is 1. The highest BCUT2D eigenvalue weighted by molar-refractivity contribution is 6.30. The molecule has 1 aliphatic rings. The molecule has 3 N–H and O–H groups in total. The maximum absolute atomic E-state index is 6.06. The molecule has 0 aliphatic carbocycles. The Kier molecular flexibility index (Phi) is 5.11. The molecule has 1 aliphatic heterocycles. The van der Waals surface area contributed by atoms with Crippen molar-refractivity contribution in [2.24, 2.45) is 10.7 Å². The zero-order valence-electron chi connectivity index (χ0n) is 13.5. The molecule has 2 aromatic carbocycles. The molecular weight excluding hydrogens is 326 g/mol. The Hall–Kier alpha value is -2.40. The van der Waals surface area contributed by atoms with Crippen LogP contribution in [-0.2, 0) is 6.54 Å². The molecule has 1 heterocycles. The summed E-state index contributed by atoms with van der Waals surface area (Å²) < 4.78 is 11.0. The van der Waals surface area contributed by atoms with E-state index in [4.69, 9.17) is 26.8 Å². The van der Waals surface area contributed by atoms with Crippen LogP contribution in [0.1, 0.15) is 23.6 Å². The van der Waals surface area contributed by atoms with Crippen molar-refractivity contribution in [3.8, 4) is 11.5 Å². The van der Waals surface area contributed by atoms with Crippen molar-refractivity contribution in [2.45, 2.75) is 19.0 Å². The Labute approximate surface area is 146 Å². The highest BCUT2D eigenvalue weighted by Crippen LogP contribution is 2.31. The summed E-state index contributed by atoms with van der Waals surface area (Å²) in [6, 6.07) is 13.5. The lowest BCUT2D eigenvalue weighted by Gasteiger charge is -2.26. The van der Waals surface area contributed by atoms with E-state index in [1.165, 1.54) is 0 Å². The van der Waals surface area contributed by atoms with Crippen LogP contribution in [-0.4, -0.2) is 19.7 Å². The van der Waals surface area contributed by atoms with Gasteiger partial charge < -0.3 is 20.5 Å². The first-order valence-corrected chi connectivity index (χ1v) is 8.16. The van der Waals surface area contributed by atoms with Crippen LogP contribution in [0.3, 0.4) is 0 Å². The standard InChI is InChI=1S/C18H20ClN3O2/c1-23-17-10-13(19)7-6-12(17)11-21-18(20)22-15-8-9-24-16-5-3-2-4-14(15)16/h2-7,10,15H,8-9,11H2,1H3,(H3,20,21,22). The first kappa shape index (κ1) is 16.5. The zero-order chi connectivity index (χ0) is 16.9. The summed E-state index contributed by atoms with van der Waals surface area (Å²) in [5, 5.41) is 3.90. The lowest BCUT2D eigenvalue weighted by Crippen LogP contribution is -2.37. The Morgan fingerprint density at radius 1 is 1.38 bits per heavy atom. The second kappa shape index (κ2) is 7.45. The van der Waals surface area contributed by atoms with Gasteiger partial charge in [-0.25, -0.2) is 4.99 Å². The SMILES string of the molecule is COc1cc(Cl)ccc1CN=C(N)NC1CCOc2ccccc21. The molecule has 0 fully saturated rings. The minimum Gasteiger partial charge on any atom is -0.496 e. The highest BCUT2D eigenvalue weighted by atomic mass is 35.5. The van der Waals surface area contributed by atoms with E-state index in [-0.39, 0.29) is 6.04 Å². The van der Waals surface area contributed by atoms with Gasteiger partial charge in [-0.1, -0.05) is 35.9 Å². The van der Waals surface area contributed by atoms with Crippen LogP contribution in [0.5, 0.6) is 11.5 Å². The molecular formula is C18H20ClN3O2. The van der Waals surface area contributed by atoms with Crippen LogP contribution in [0.2, 0.25) is 5.02 Å². The molecule has 24 heavy (non-hydrogen) atoms. The van der Waals surface area contributed by atoms with E-state index in [0.717, 1.165) is 23.3 Å². The predicted molar refractivity (Wildman–Crippen MR) is 95.8 cm³/mol. The number of para-hydroxylation sites is 1. The fourth-order valence-corrected chi connectivity index (χ4v) is 2.90. The smallest absolute Gasteiger partial charge is 0.189 e. The molecule has 0 saturated carbocycles. The summed E-state index contributed by atoms with van der Waals surface area (Å²) in [5.74, 6) is 2.00. The minimum absolute atomic E-state index is 0.103. The van der Waals surface area contributed by atoms with Gasteiger partial charge in [0.25, 0.3) is 0 Å². The second-order valence-electron chi connectivity index (χ2n) is 5.53. The van der Waals surface area contributed by atoms with Gasteiger partial charge in [-0.3, -0.25) is 0 Å². The molecule has 0 aromatic heterocycles. The number of ether oxygens (including phenoxy) is 2. The van der Waals surface area contributed by atoms with E-state index >= 15 is 0 Å². The van der Waals surface area contributed by atoms with E-state index in [1.807, 2.05) is 36.4 Å². The predicted octanol–water partition coefficient (Wildman–Crippen LogP) is 3.28. The molecule has 0 spiro atoms. The number of rotatable bonds is 4. The first-order valence-electron chi connectivity index (χ1n) is 7.78. The zero-order valence-corrected chi connectivity index (χ0v) is 14.2. The van der Waals surface area contributed by atoms with Crippen LogP contribution in [0, 0.1) is 0 Å². The molecule has 126 valence electrons. The monoisotopic (exact) mass is 345 g/mol. The Balaban J connectivity index is 1.70. The Morgan fingerprint density at radius 2 is 2.21 bits per heavy atom. The molecule has 1 atom stereocenters. The van der Waals surface area contributed by atoms with Gasteiger partial charge in [-0.05, 0) is 18.2 Å². The van der Waals surface area contributed by atoms with Gasteiger partial charge in [0.05, 0.1) is 26.3 Å². The average molecular weight is 346 g/mol. The van der Waals surface area contributed by atoms with Crippen LogP contribution in [0.15, 0.2) is 47.5 Å². The first-order chi connectivity index (χ1) is 11.7. The summed E-state index contributed by atoms with van der Waals surface area (Å²) in [6.07, 6.45) is 0.845. The van der Waals surface area contributed by atoms with Crippen LogP contribution < -0.4 is 20.5 Å². The number of guanidine groups is 1. The Bertz CT molecular complexity index is 749. The number of hydrogen-bond donors (Lipinski definition) is 2. The summed E-state index contributed by atoms with van der Waals surface area (Å²) >= 11 is 5.97. The molecule has 0 radical (unpaired) electrons. The van der Waals surface area contributed by atoms with E-state index in [9.17, 15) is 0 Å². The minimum atomic E-state index is 0.103. The molecule has 0 saturated heterocycles. The van der Waals surface area contributed by atoms with Crippen LogP contribution >= 0.6 is 11.6 Å². The summed E-state index contributed by atoms with van der Waals surface area (Å²) in [7, 11) is 1.61. The van der Waals surface area contributed by atoms with E-state index in [0.29, 0.717) is 29.9 Å². The topological polar surface area (TPSA) is 68.9 Å². The van der Waals surface area contributed by atoms with Crippen molar-refractivity contribution >= 4 is 17.6 Å². The summed E-state index contributed by atoms with van der Waals surface area (Å²) in [4.78, 5) is 4.42. The van der Waals surface area contributed by atoms with Crippen molar-refractivity contribution in [1.82, 2.24) is 5.32 Å². The lowest BCUT2D eigenvalue weighted by molar-refractivity contribution is 0.262. The number of nitrogens with two attached hydrogens (primary N) is 1. The largest absolute Gasteiger partial charge is 0.496 e. The van der Waals surface area contributed by atoms with Gasteiger partial charge in [0.2, 0.25) is 0 Å². The third kappa shape index (κ3) is 3.74. The van der Waals surface area contributed by atoms with Gasteiger partial charge in [0, 0.05) is 22.6 Å². The number of fused-ring (bicyclic) bond motifs is 1. The van der Waals surface area contributed by atoms with Crippen molar-refractivity contribution in [3.05, 3.63) is 58.6 Å². The van der Waals surface area contributed by atoms with E-state index in [2.05, 4.69) is 10.3 Å². The van der Waals surface area contributed by atoms with E-state index < -0.39 is 0 Å². The van der Waals surface area contributed by atoms with Crippen molar-refractivity contribution in [1.29, 1.82) is 0 Å². The van der Waals surface area contributed by atoms with Crippen LogP contribution in [0.25, 0.3) is 0 Å². The fourth-order valence-electron chi connectivity index (χ4n) is 2.74. The maximum atomic E-state index is 6.06. The summed E-state index contributed by atoms with van der Waals surface area (Å²) in [6.45, 7) is 1.08. The van der Waals surface area contributed by atoms with Gasteiger partial charge >= 0.3 is 0 Å². The summed E-state index contributed by atoms with van der Waals surface area (Å²) in [5.41, 5.74) is 8.09. The normalized spacial score (nSPS) is 16.9. The Morgan fingerprint density at radius 3 is 3.04 bits per heavy atom. The number of benzene rings is 2. The maximum Gasteiger partial charge on any atom is 0.189 e. The molecule has 0 bridgehead atoms. The van der Waals surface area contributed by atoms with Crippen molar-refractivity contribution in [3.63, 3.8) is 0 Å². The number of aliphatic imine (C=N–C) groups is 1. The number of nitrogens with one attached hydrogen (secondary N) is 1. The van der Waals surface area contributed by atoms with Gasteiger partial charge in [0.15, 0.2) is 5.96 Å². The quantitative estimate of drug-likeness (QED) is 0.659. The third-order valence-electron chi connectivity index (χ3n) is 3.95. The van der Waals surface area contributed by atoms with Crippen molar-refractivity contribution < 1.29 is 9.47 Å². The number of halogens is 1. The highest BCUT2D eigenvalue weighted by Gasteiger charge is 2.21. The van der Waals surface area contributed by atoms with Crippen molar-refractivity contribution in [2.75, 3.05) is 13.7 Å². The lowest BCUT2D eigenvalue weighted by atomic mass is 10.0. The molecule has 6 heteroatoms. The number of hydrogen-bond acceptors (Lipinski definition) is 3. The second-order valence-corrected chi connectivity index (χ2v) is 5.97. The molecule has 2 aromatic rings. The molecule has 5 nitrogen and oxygen atoms in total. The van der Waals surface area contributed by atoms with Gasteiger partial charge in [-0.15, -0.1) is 0 Å². The van der Waals surface area contributed by atoms with Gasteiger partial charge in [0.1, 0.15) is 11.5 Å². The molecule has 1 unspecified atom stereocenters. The fraction of sp³-hybridized carbons (Fsp3) is 0.278.